The highest BCUT2D eigenvalue weighted by atomic mass is 79.9. The summed E-state index contributed by atoms with van der Waals surface area (Å²) >= 11 is 5.47. The van der Waals surface area contributed by atoms with Crippen molar-refractivity contribution >= 4 is 27.7 Å². The molecule has 3 nitrogen and oxygen atoms in total. The highest BCUT2D eigenvalue weighted by molar-refractivity contribution is 9.10. The number of nitrogens with one attached hydrogen (secondary N) is 1. The maximum absolute atomic E-state index is 4.37. The van der Waals surface area contributed by atoms with E-state index in [9.17, 15) is 0 Å². The molecule has 5 heteroatoms. The van der Waals surface area contributed by atoms with Crippen LogP contribution in [0.4, 0.5) is 0 Å². The second kappa shape index (κ2) is 6.67. The molecule has 1 rings (SSSR count). The Labute approximate surface area is 110 Å². The number of nitrogens with zero attached hydrogens (tertiary/aromatic N) is 2. The van der Waals surface area contributed by atoms with Crippen LogP contribution in [-0.4, -0.2) is 28.3 Å². The van der Waals surface area contributed by atoms with Crippen molar-refractivity contribution in [1.82, 2.24) is 15.1 Å². The summed E-state index contributed by atoms with van der Waals surface area (Å²) in [4.78, 5) is 0. The molecule has 1 unspecified atom stereocenters. The lowest BCUT2D eigenvalue weighted by atomic mass is 10.2. The van der Waals surface area contributed by atoms with Crippen LogP contribution in [-0.2, 0) is 13.6 Å². The first-order valence-corrected chi connectivity index (χ1v) is 7.62. The van der Waals surface area contributed by atoms with Gasteiger partial charge in [-0.05, 0) is 47.3 Å². The van der Waals surface area contributed by atoms with Gasteiger partial charge in [0, 0.05) is 13.6 Å². The van der Waals surface area contributed by atoms with Gasteiger partial charge in [-0.1, -0.05) is 6.92 Å². The van der Waals surface area contributed by atoms with Gasteiger partial charge in [-0.15, -0.1) is 0 Å². The Bertz CT molecular complexity index is 338. The van der Waals surface area contributed by atoms with Crippen molar-refractivity contribution in [2.75, 3.05) is 18.6 Å². The first kappa shape index (κ1) is 14.1. The van der Waals surface area contributed by atoms with Crippen molar-refractivity contribution in [3.63, 3.8) is 0 Å². The lowest BCUT2D eigenvalue weighted by Crippen LogP contribution is -2.23. The molecule has 1 N–H and O–H groups in total. The third-order valence-electron chi connectivity index (χ3n) is 2.50. The Morgan fingerprint density at radius 2 is 2.25 bits per heavy atom. The van der Waals surface area contributed by atoms with Gasteiger partial charge in [-0.3, -0.25) is 4.68 Å². The van der Waals surface area contributed by atoms with E-state index in [1.54, 1.807) is 0 Å². The Balaban J connectivity index is 2.43. The molecule has 0 amide bonds. The standard InChI is InChI=1S/C11H20BrN3S/c1-8(7-16-4)5-13-6-10-11(12)9(2)14-15(10)3/h8,13H,5-7H2,1-4H3. The Hall–Kier alpha value is 0. The molecule has 0 radical (unpaired) electrons. The van der Waals surface area contributed by atoms with Crippen molar-refractivity contribution in [3.05, 3.63) is 15.9 Å². The van der Waals surface area contributed by atoms with Gasteiger partial charge in [-0.25, -0.2) is 0 Å². The van der Waals surface area contributed by atoms with Crippen molar-refractivity contribution in [2.24, 2.45) is 13.0 Å². The van der Waals surface area contributed by atoms with E-state index in [1.807, 2.05) is 30.4 Å². The third kappa shape index (κ3) is 3.79. The monoisotopic (exact) mass is 305 g/mol. The third-order valence-corrected chi connectivity index (χ3v) is 4.43. The van der Waals surface area contributed by atoms with E-state index < -0.39 is 0 Å². The van der Waals surface area contributed by atoms with E-state index >= 15 is 0 Å². The Kier molecular flexibility index (Phi) is 5.86. The van der Waals surface area contributed by atoms with Gasteiger partial charge < -0.3 is 5.32 Å². The molecule has 1 aromatic heterocycles. The molecule has 92 valence electrons. The second-order valence-corrected chi connectivity index (χ2v) is 5.86. The molecule has 0 aliphatic carbocycles. The van der Waals surface area contributed by atoms with E-state index in [4.69, 9.17) is 0 Å². The molecule has 0 spiro atoms. The number of hydrogen-bond acceptors (Lipinski definition) is 3. The van der Waals surface area contributed by atoms with Gasteiger partial charge in [0.25, 0.3) is 0 Å². The summed E-state index contributed by atoms with van der Waals surface area (Å²) in [5, 5.41) is 7.85. The average Bonchev–Trinajstić information content (AvgIpc) is 2.45. The van der Waals surface area contributed by atoms with E-state index in [-0.39, 0.29) is 0 Å². The zero-order chi connectivity index (χ0) is 12.1. The SMILES string of the molecule is CSCC(C)CNCc1c(Br)c(C)nn1C. The van der Waals surface area contributed by atoms with Gasteiger partial charge in [0.05, 0.1) is 15.9 Å². The highest BCUT2D eigenvalue weighted by Gasteiger charge is 2.10. The molecule has 0 aliphatic rings. The molecule has 0 aromatic carbocycles. The van der Waals surface area contributed by atoms with E-state index in [0.717, 1.165) is 23.3 Å². The molecule has 0 bridgehead atoms. The number of rotatable bonds is 6. The summed E-state index contributed by atoms with van der Waals surface area (Å²) in [5.74, 6) is 1.92. The minimum absolute atomic E-state index is 0.711. The zero-order valence-corrected chi connectivity index (χ0v) is 12.8. The fourth-order valence-electron chi connectivity index (χ4n) is 1.65. The van der Waals surface area contributed by atoms with E-state index in [0.29, 0.717) is 5.92 Å². The molecule has 0 aliphatic heterocycles. The van der Waals surface area contributed by atoms with Crippen LogP contribution < -0.4 is 5.32 Å². The minimum atomic E-state index is 0.711. The summed E-state index contributed by atoms with van der Waals surface area (Å²) in [6.45, 7) is 6.21. The fraction of sp³-hybridized carbons (Fsp3) is 0.727. The van der Waals surface area contributed by atoms with Crippen molar-refractivity contribution in [2.45, 2.75) is 20.4 Å². The van der Waals surface area contributed by atoms with Gasteiger partial charge in [0.15, 0.2) is 0 Å². The van der Waals surface area contributed by atoms with Crippen molar-refractivity contribution in [3.8, 4) is 0 Å². The molecular weight excluding hydrogens is 286 g/mol. The molecule has 1 heterocycles. The largest absolute Gasteiger partial charge is 0.311 e. The molecule has 16 heavy (non-hydrogen) atoms. The van der Waals surface area contributed by atoms with Crippen LogP contribution in [0.1, 0.15) is 18.3 Å². The summed E-state index contributed by atoms with van der Waals surface area (Å²) < 4.78 is 3.06. The first-order valence-electron chi connectivity index (χ1n) is 5.43. The van der Waals surface area contributed by atoms with Crippen LogP contribution >= 0.6 is 27.7 Å². The van der Waals surface area contributed by atoms with Crippen LogP contribution in [0.25, 0.3) is 0 Å². The van der Waals surface area contributed by atoms with Crippen LogP contribution in [0.2, 0.25) is 0 Å². The van der Waals surface area contributed by atoms with Crippen molar-refractivity contribution in [1.29, 1.82) is 0 Å². The zero-order valence-electron chi connectivity index (χ0n) is 10.4. The topological polar surface area (TPSA) is 29.9 Å². The number of aryl methyl sites for hydroxylation is 2. The smallest absolute Gasteiger partial charge is 0.0739 e. The van der Waals surface area contributed by atoms with Crippen LogP contribution in [0.5, 0.6) is 0 Å². The minimum Gasteiger partial charge on any atom is -0.311 e. The lowest BCUT2D eigenvalue weighted by Gasteiger charge is -2.11. The predicted molar refractivity (Wildman–Crippen MR) is 74.9 cm³/mol. The van der Waals surface area contributed by atoms with Gasteiger partial charge in [-0.2, -0.15) is 16.9 Å². The predicted octanol–water partition coefficient (Wildman–Crippen LogP) is 2.58. The Morgan fingerprint density at radius 3 is 2.75 bits per heavy atom. The van der Waals surface area contributed by atoms with Crippen LogP contribution in [0, 0.1) is 12.8 Å². The number of halogens is 1. The second-order valence-electron chi connectivity index (χ2n) is 4.16. The fourth-order valence-corrected chi connectivity index (χ4v) is 2.82. The highest BCUT2D eigenvalue weighted by Crippen LogP contribution is 2.19. The average molecular weight is 306 g/mol. The van der Waals surface area contributed by atoms with Crippen LogP contribution in [0.15, 0.2) is 4.47 Å². The molecular formula is C11H20BrN3S. The summed E-state index contributed by atoms with van der Waals surface area (Å²) in [6, 6.07) is 0. The van der Waals surface area contributed by atoms with E-state index in [1.165, 1.54) is 11.4 Å². The Morgan fingerprint density at radius 1 is 1.56 bits per heavy atom. The van der Waals surface area contributed by atoms with Gasteiger partial charge >= 0.3 is 0 Å². The summed E-state index contributed by atoms with van der Waals surface area (Å²) in [5.41, 5.74) is 2.27. The molecule has 1 atom stereocenters. The first-order chi connectivity index (χ1) is 7.56. The lowest BCUT2D eigenvalue weighted by molar-refractivity contribution is 0.541. The molecule has 1 aromatic rings. The van der Waals surface area contributed by atoms with Gasteiger partial charge in [0.2, 0.25) is 0 Å². The molecule has 0 fully saturated rings. The maximum Gasteiger partial charge on any atom is 0.0739 e. The molecule has 0 saturated carbocycles. The van der Waals surface area contributed by atoms with E-state index in [2.05, 4.69) is 39.5 Å². The normalized spacial score (nSPS) is 13.1. The number of thioether (sulfide) groups is 1. The quantitative estimate of drug-likeness (QED) is 0.876. The van der Waals surface area contributed by atoms with Gasteiger partial charge in [0.1, 0.15) is 0 Å². The summed E-state index contributed by atoms with van der Waals surface area (Å²) in [7, 11) is 1.99. The number of hydrogen-bond donors (Lipinski definition) is 1. The van der Waals surface area contributed by atoms with Crippen LogP contribution in [0.3, 0.4) is 0 Å². The summed E-state index contributed by atoms with van der Waals surface area (Å²) in [6.07, 6.45) is 2.15. The van der Waals surface area contributed by atoms with Crippen molar-refractivity contribution < 1.29 is 0 Å². The number of aromatic nitrogens is 2. The maximum atomic E-state index is 4.37. The molecule has 0 saturated heterocycles.